The lowest BCUT2D eigenvalue weighted by Gasteiger charge is -2.45. The minimum atomic E-state index is -0.750. The smallest absolute Gasteiger partial charge is 0.128 e. The van der Waals surface area contributed by atoms with Crippen molar-refractivity contribution in [1.29, 1.82) is 0 Å². The third-order valence-electron chi connectivity index (χ3n) is 11.5. The highest BCUT2D eigenvalue weighted by molar-refractivity contribution is 5.89. The Bertz CT molecular complexity index is 2710. The van der Waals surface area contributed by atoms with Gasteiger partial charge in [0.05, 0.1) is 28.2 Å². The number of fused-ring (bicyclic) bond motifs is 2. The van der Waals surface area contributed by atoms with Crippen LogP contribution in [-0.4, -0.2) is 9.97 Å². The van der Waals surface area contributed by atoms with E-state index in [0.29, 0.717) is 0 Å². The standard InChI is InChI=1S/C54H47N3O/c1-36-29-37(2)52(38(3)30-36)40-31-39(48-35-41(26-28-55-48)53(4,5)6)32-45(33-40)58-44-20-16-17-42(34-44)54(51-25-14-15-27-56-51)46-21-10-12-23-49(46)57(43-18-8-7-9-19-43)50-24-13-11-22-47(50)54/h7-35H,1-6H3. The molecule has 8 aromatic rings. The molecule has 284 valence electrons. The minimum absolute atomic E-state index is 0.0166. The Hall–Kier alpha value is -6.78. The number of hydrogen-bond acceptors (Lipinski definition) is 4. The van der Waals surface area contributed by atoms with Crippen molar-refractivity contribution < 1.29 is 4.74 Å². The molecule has 0 aliphatic carbocycles. The van der Waals surface area contributed by atoms with Crippen LogP contribution in [0.4, 0.5) is 17.1 Å². The van der Waals surface area contributed by atoms with Gasteiger partial charge in [-0.25, -0.2) is 0 Å². The van der Waals surface area contributed by atoms with Crippen molar-refractivity contribution in [1.82, 2.24) is 9.97 Å². The Balaban J connectivity index is 1.23. The number of pyridine rings is 2. The number of para-hydroxylation sites is 3. The van der Waals surface area contributed by atoms with E-state index < -0.39 is 5.41 Å². The molecule has 0 N–H and O–H groups in total. The zero-order chi connectivity index (χ0) is 40.0. The van der Waals surface area contributed by atoms with E-state index in [1.165, 1.54) is 27.8 Å². The van der Waals surface area contributed by atoms with E-state index in [4.69, 9.17) is 14.7 Å². The van der Waals surface area contributed by atoms with E-state index in [0.717, 1.165) is 67.8 Å². The molecule has 1 aliphatic heterocycles. The van der Waals surface area contributed by atoms with Crippen molar-refractivity contribution in [2.75, 3.05) is 4.90 Å². The van der Waals surface area contributed by atoms with E-state index >= 15 is 0 Å². The number of ether oxygens (including phenoxy) is 1. The van der Waals surface area contributed by atoms with Gasteiger partial charge in [-0.15, -0.1) is 0 Å². The number of nitrogens with zero attached hydrogens (tertiary/aromatic N) is 3. The van der Waals surface area contributed by atoms with Gasteiger partial charge in [0.25, 0.3) is 0 Å². The summed E-state index contributed by atoms with van der Waals surface area (Å²) in [6.45, 7) is 13.3. The van der Waals surface area contributed by atoms with Crippen LogP contribution in [0.1, 0.15) is 65.4 Å². The predicted molar refractivity (Wildman–Crippen MR) is 239 cm³/mol. The van der Waals surface area contributed by atoms with Crippen molar-refractivity contribution in [3.8, 4) is 33.9 Å². The van der Waals surface area contributed by atoms with Crippen LogP contribution in [0.2, 0.25) is 0 Å². The molecular formula is C54H47N3O. The van der Waals surface area contributed by atoms with Gasteiger partial charge in [-0.2, -0.15) is 0 Å². The Kier molecular flexibility index (Phi) is 9.29. The Morgan fingerprint density at radius 2 is 1.19 bits per heavy atom. The predicted octanol–water partition coefficient (Wildman–Crippen LogP) is 14.0. The van der Waals surface area contributed by atoms with Crippen LogP contribution >= 0.6 is 0 Å². The van der Waals surface area contributed by atoms with Crippen LogP contribution in [0.5, 0.6) is 11.5 Å². The fraction of sp³-hybridized carbons (Fsp3) is 0.148. The average Bonchev–Trinajstić information content (AvgIpc) is 3.23. The molecule has 3 heterocycles. The zero-order valence-electron chi connectivity index (χ0n) is 34.0. The minimum Gasteiger partial charge on any atom is -0.457 e. The summed E-state index contributed by atoms with van der Waals surface area (Å²) in [5, 5.41) is 0. The molecule has 0 saturated carbocycles. The van der Waals surface area contributed by atoms with Gasteiger partial charge in [-0.1, -0.05) is 111 Å². The Morgan fingerprint density at radius 1 is 0.534 bits per heavy atom. The molecule has 0 atom stereocenters. The van der Waals surface area contributed by atoms with Crippen molar-refractivity contribution in [2.45, 2.75) is 52.4 Å². The van der Waals surface area contributed by atoms with E-state index in [-0.39, 0.29) is 5.41 Å². The van der Waals surface area contributed by atoms with Crippen molar-refractivity contribution in [3.05, 3.63) is 221 Å². The van der Waals surface area contributed by atoms with Gasteiger partial charge in [0.1, 0.15) is 11.5 Å². The number of benzene rings is 6. The second kappa shape index (κ2) is 14.6. The van der Waals surface area contributed by atoms with Gasteiger partial charge in [-0.05, 0) is 150 Å². The summed E-state index contributed by atoms with van der Waals surface area (Å²) in [5.74, 6) is 1.49. The lowest BCUT2D eigenvalue weighted by Crippen LogP contribution is -2.38. The van der Waals surface area contributed by atoms with E-state index in [1.807, 2.05) is 18.5 Å². The first-order chi connectivity index (χ1) is 28.1. The quantitative estimate of drug-likeness (QED) is 0.162. The van der Waals surface area contributed by atoms with Gasteiger partial charge in [-0.3, -0.25) is 9.97 Å². The van der Waals surface area contributed by atoms with Crippen molar-refractivity contribution >= 4 is 17.1 Å². The summed E-state index contributed by atoms with van der Waals surface area (Å²) in [4.78, 5) is 12.4. The molecule has 6 aromatic carbocycles. The van der Waals surface area contributed by atoms with Crippen LogP contribution in [-0.2, 0) is 10.8 Å². The SMILES string of the molecule is Cc1cc(C)c(-c2cc(Oc3cccc(C4(c5ccccn5)c5ccccc5N(c5ccccc5)c5ccccc54)c3)cc(-c3cc(C(C)(C)C)ccn3)c2)c(C)c1. The number of anilines is 3. The molecule has 2 aromatic heterocycles. The van der Waals surface area contributed by atoms with Gasteiger partial charge < -0.3 is 9.64 Å². The van der Waals surface area contributed by atoms with Gasteiger partial charge >= 0.3 is 0 Å². The maximum Gasteiger partial charge on any atom is 0.128 e. The molecule has 0 bridgehead atoms. The molecule has 0 saturated heterocycles. The van der Waals surface area contributed by atoms with Crippen LogP contribution in [0.15, 0.2) is 176 Å². The second-order valence-electron chi connectivity index (χ2n) is 16.5. The third kappa shape index (κ3) is 6.45. The fourth-order valence-corrected chi connectivity index (χ4v) is 8.99. The highest BCUT2D eigenvalue weighted by atomic mass is 16.5. The summed E-state index contributed by atoms with van der Waals surface area (Å²) >= 11 is 0. The Morgan fingerprint density at radius 3 is 1.86 bits per heavy atom. The highest BCUT2D eigenvalue weighted by Gasteiger charge is 2.47. The molecule has 58 heavy (non-hydrogen) atoms. The van der Waals surface area contributed by atoms with Crippen LogP contribution in [0.25, 0.3) is 22.4 Å². The monoisotopic (exact) mass is 753 g/mol. The fourth-order valence-electron chi connectivity index (χ4n) is 8.99. The molecule has 9 rings (SSSR count). The highest BCUT2D eigenvalue weighted by Crippen LogP contribution is 2.57. The van der Waals surface area contributed by atoms with Crippen molar-refractivity contribution in [2.24, 2.45) is 0 Å². The van der Waals surface area contributed by atoms with Gasteiger partial charge in [0.2, 0.25) is 0 Å². The normalized spacial score (nSPS) is 13.1. The molecule has 0 radical (unpaired) electrons. The first-order valence-corrected chi connectivity index (χ1v) is 20.1. The van der Waals surface area contributed by atoms with Crippen LogP contribution < -0.4 is 9.64 Å². The topological polar surface area (TPSA) is 38.2 Å². The van der Waals surface area contributed by atoms with Crippen molar-refractivity contribution in [3.63, 3.8) is 0 Å². The Labute approximate surface area is 342 Å². The summed E-state index contributed by atoms with van der Waals surface area (Å²) in [6.07, 6.45) is 3.82. The zero-order valence-corrected chi connectivity index (χ0v) is 34.0. The largest absolute Gasteiger partial charge is 0.457 e. The van der Waals surface area contributed by atoms with Gasteiger partial charge in [0, 0.05) is 23.6 Å². The number of hydrogen-bond donors (Lipinski definition) is 0. The maximum absolute atomic E-state index is 7.02. The summed E-state index contributed by atoms with van der Waals surface area (Å²) in [6, 6.07) is 58.3. The molecule has 1 aliphatic rings. The molecule has 0 amide bonds. The first kappa shape index (κ1) is 36.8. The molecule has 4 nitrogen and oxygen atoms in total. The summed E-state index contributed by atoms with van der Waals surface area (Å²) in [7, 11) is 0. The van der Waals surface area contributed by atoms with Crippen LogP contribution in [0, 0.1) is 20.8 Å². The van der Waals surface area contributed by atoms with Crippen LogP contribution in [0.3, 0.4) is 0 Å². The average molecular weight is 754 g/mol. The third-order valence-corrected chi connectivity index (χ3v) is 11.5. The number of aryl methyl sites for hydroxylation is 3. The molecular weight excluding hydrogens is 707 g/mol. The van der Waals surface area contributed by atoms with E-state index in [2.05, 4.69) is 204 Å². The van der Waals surface area contributed by atoms with Gasteiger partial charge in [0.15, 0.2) is 0 Å². The lowest BCUT2D eigenvalue weighted by atomic mass is 9.64. The summed E-state index contributed by atoms with van der Waals surface area (Å²) in [5.41, 5.74) is 16.0. The second-order valence-corrected chi connectivity index (χ2v) is 16.5. The summed E-state index contributed by atoms with van der Waals surface area (Å²) < 4.78 is 7.02. The first-order valence-electron chi connectivity index (χ1n) is 20.1. The lowest BCUT2D eigenvalue weighted by molar-refractivity contribution is 0.481. The van der Waals surface area contributed by atoms with E-state index in [9.17, 15) is 0 Å². The molecule has 0 unspecified atom stereocenters. The number of rotatable bonds is 7. The van der Waals surface area contributed by atoms with E-state index in [1.54, 1.807) is 0 Å². The number of aromatic nitrogens is 2. The maximum atomic E-state index is 7.02. The molecule has 4 heteroatoms. The molecule has 0 spiro atoms. The molecule has 0 fully saturated rings.